The van der Waals surface area contributed by atoms with Gasteiger partial charge in [-0.25, -0.2) is 0 Å². The highest BCUT2D eigenvalue weighted by Crippen LogP contribution is 2.26. The standard InChI is InChI=1S/C14H17NOS/c1-2-4-14-13(3-1)11(10-17-14)5-6-12-9-16-8-7-15-12/h1-4,10,12,15H,5-9H2. The van der Waals surface area contributed by atoms with Gasteiger partial charge in [-0.1, -0.05) is 18.2 Å². The Morgan fingerprint density at radius 2 is 2.29 bits per heavy atom. The van der Waals surface area contributed by atoms with Crippen LogP contribution in [0.3, 0.4) is 0 Å². The molecule has 0 saturated carbocycles. The first-order valence-corrected chi connectivity index (χ1v) is 7.08. The number of hydrogen-bond acceptors (Lipinski definition) is 3. The van der Waals surface area contributed by atoms with E-state index in [2.05, 4.69) is 35.0 Å². The van der Waals surface area contributed by atoms with Gasteiger partial charge in [-0.3, -0.25) is 0 Å². The lowest BCUT2D eigenvalue weighted by molar-refractivity contribution is 0.0744. The zero-order valence-corrected chi connectivity index (χ0v) is 10.6. The summed E-state index contributed by atoms with van der Waals surface area (Å²) in [4.78, 5) is 0. The van der Waals surface area contributed by atoms with Crippen molar-refractivity contribution < 1.29 is 4.74 Å². The Morgan fingerprint density at radius 3 is 3.18 bits per heavy atom. The maximum atomic E-state index is 5.48. The number of hydrogen-bond donors (Lipinski definition) is 1. The quantitative estimate of drug-likeness (QED) is 0.900. The van der Waals surface area contributed by atoms with Gasteiger partial charge in [-0.05, 0) is 35.2 Å². The number of fused-ring (bicyclic) bond motifs is 1. The highest BCUT2D eigenvalue weighted by atomic mass is 32.1. The van der Waals surface area contributed by atoms with E-state index in [-0.39, 0.29) is 0 Å². The number of aryl methyl sites for hydroxylation is 1. The van der Waals surface area contributed by atoms with Crippen molar-refractivity contribution >= 4 is 21.4 Å². The van der Waals surface area contributed by atoms with Gasteiger partial charge in [0.2, 0.25) is 0 Å². The molecule has 1 aromatic heterocycles. The molecule has 0 bridgehead atoms. The minimum absolute atomic E-state index is 0.530. The molecule has 90 valence electrons. The summed E-state index contributed by atoms with van der Waals surface area (Å²) < 4.78 is 6.88. The summed E-state index contributed by atoms with van der Waals surface area (Å²) in [7, 11) is 0. The Hall–Kier alpha value is -0.900. The molecule has 0 spiro atoms. The second-order valence-electron chi connectivity index (χ2n) is 4.52. The lowest BCUT2D eigenvalue weighted by Crippen LogP contribution is -2.41. The predicted octanol–water partition coefficient (Wildman–Crippen LogP) is 2.82. The Kier molecular flexibility index (Phi) is 3.41. The van der Waals surface area contributed by atoms with Crippen LogP contribution in [0.25, 0.3) is 10.1 Å². The summed E-state index contributed by atoms with van der Waals surface area (Å²) in [5.41, 5.74) is 1.48. The van der Waals surface area contributed by atoms with E-state index in [0.717, 1.165) is 26.2 Å². The normalized spacial score (nSPS) is 20.8. The summed E-state index contributed by atoms with van der Waals surface area (Å²) in [5, 5.41) is 7.23. The summed E-state index contributed by atoms with van der Waals surface area (Å²) >= 11 is 1.85. The summed E-state index contributed by atoms with van der Waals surface area (Å²) in [6.07, 6.45) is 2.31. The van der Waals surface area contributed by atoms with E-state index in [9.17, 15) is 0 Å². The second kappa shape index (κ2) is 5.17. The van der Waals surface area contributed by atoms with Crippen molar-refractivity contribution in [3.8, 4) is 0 Å². The van der Waals surface area contributed by atoms with Gasteiger partial charge in [0.15, 0.2) is 0 Å². The van der Waals surface area contributed by atoms with Crippen molar-refractivity contribution in [1.82, 2.24) is 5.32 Å². The number of thiophene rings is 1. The first-order valence-electron chi connectivity index (χ1n) is 6.20. The third kappa shape index (κ3) is 2.51. The van der Waals surface area contributed by atoms with E-state index < -0.39 is 0 Å². The molecule has 0 amide bonds. The van der Waals surface area contributed by atoms with E-state index in [1.807, 2.05) is 11.3 Å². The molecular weight excluding hydrogens is 230 g/mol. The van der Waals surface area contributed by atoms with Crippen LogP contribution >= 0.6 is 11.3 Å². The molecule has 1 fully saturated rings. The molecule has 2 aromatic rings. The van der Waals surface area contributed by atoms with Crippen molar-refractivity contribution in [3.63, 3.8) is 0 Å². The van der Waals surface area contributed by atoms with Crippen LogP contribution in [0, 0.1) is 0 Å². The van der Waals surface area contributed by atoms with E-state index in [0.29, 0.717) is 6.04 Å². The van der Waals surface area contributed by atoms with Gasteiger partial charge in [0.25, 0.3) is 0 Å². The minimum atomic E-state index is 0.530. The maximum Gasteiger partial charge on any atom is 0.0620 e. The van der Waals surface area contributed by atoms with Crippen molar-refractivity contribution in [2.45, 2.75) is 18.9 Å². The van der Waals surface area contributed by atoms with Gasteiger partial charge in [0.05, 0.1) is 13.2 Å². The maximum absolute atomic E-state index is 5.48. The van der Waals surface area contributed by atoms with Gasteiger partial charge in [-0.2, -0.15) is 0 Å². The number of ether oxygens (including phenoxy) is 1. The van der Waals surface area contributed by atoms with Gasteiger partial charge < -0.3 is 10.1 Å². The Balaban J connectivity index is 1.68. The SMILES string of the molecule is c1ccc2c(CCC3COCCN3)csc2c1. The fourth-order valence-corrected chi connectivity index (χ4v) is 3.36. The zero-order chi connectivity index (χ0) is 11.5. The molecule has 1 saturated heterocycles. The molecule has 1 N–H and O–H groups in total. The van der Waals surface area contributed by atoms with E-state index in [1.54, 1.807) is 0 Å². The first-order chi connectivity index (χ1) is 8.43. The predicted molar refractivity (Wildman–Crippen MR) is 72.8 cm³/mol. The smallest absolute Gasteiger partial charge is 0.0620 e. The molecule has 1 unspecified atom stereocenters. The van der Waals surface area contributed by atoms with E-state index in [4.69, 9.17) is 4.74 Å². The first kappa shape index (κ1) is 11.2. The Labute approximate surface area is 106 Å². The topological polar surface area (TPSA) is 21.3 Å². The lowest BCUT2D eigenvalue weighted by Gasteiger charge is -2.23. The van der Waals surface area contributed by atoms with Gasteiger partial charge in [-0.15, -0.1) is 11.3 Å². The molecule has 3 heteroatoms. The number of nitrogens with one attached hydrogen (secondary N) is 1. The van der Waals surface area contributed by atoms with Crippen LogP contribution in [0.5, 0.6) is 0 Å². The van der Waals surface area contributed by atoms with Crippen molar-refractivity contribution in [2.75, 3.05) is 19.8 Å². The average Bonchev–Trinajstić information content (AvgIpc) is 2.81. The molecule has 1 atom stereocenters. The summed E-state index contributed by atoms with van der Waals surface area (Å²) in [6.45, 7) is 2.72. The molecule has 2 heterocycles. The number of rotatable bonds is 3. The third-order valence-corrected chi connectivity index (χ3v) is 4.33. The molecule has 0 aliphatic carbocycles. The molecule has 1 aliphatic heterocycles. The monoisotopic (exact) mass is 247 g/mol. The second-order valence-corrected chi connectivity index (χ2v) is 5.43. The molecule has 1 aromatic carbocycles. The van der Waals surface area contributed by atoms with Crippen LogP contribution < -0.4 is 5.32 Å². The fourth-order valence-electron chi connectivity index (χ4n) is 2.36. The number of morpholine rings is 1. The van der Waals surface area contributed by atoms with E-state index >= 15 is 0 Å². The minimum Gasteiger partial charge on any atom is -0.379 e. The molecule has 2 nitrogen and oxygen atoms in total. The van der Waals surface area contributed by atoms with Crippen molar-refractivity contribution in [3.05, 3.63) is 35.2 Å². The van der Waals surface area contributed by atoms with Gasteiger partial charge in [0.1, 0.15) is 0 Å². The van der Waals surface area contributed by atoms with Crippen LogP contribution in [-0.4, -0.2) is 25.8 Å². The molecule has 17 heavy (non-hydrogen) atoms. The van der Waals surface area contributed by atoms with Crippen LogP contribution in [0.4, 0.5) is 0 Å². The Morgan fingerprint density at radius 1 is 1.35 bits per heavy atom. The molecule has 1 aliphatic rings. The third-order valence-electron chi connectivity index (χ3n) is 3.32. The van der Waals surface area contributed by atoms with Gasteiger partial charge >= 0.3 is 0 Å². The summed E-state index contributed by atoms with van der Waals surface area (Å²) in [5.74, 6) is 0. The number of benzene rings is 1. The van der Waals surface area contributed by atoms with Crippen LogP contribution in [-0.2, 0) is 11.2 Å². The summed E-state index contributed by atoms with van der Waals surface area (Å²) in [6, 6.07) is 9.19. The fraction of sp³-hybridized carbons (Fsp3) is 0.429. The molecule has 0 radical (unpaired) electrons. The zero-order valence-electron chi connectivity index (χ0n) is 9.82. The van der Waals surface area contributed by atoms with E-state index in [1.165, 1.54) is 22.1 Å². The largest absolute Gasteiger partial charge is 0.379 e. The average molecular weight is 247 g/mol. The molecule has 3 rings (SSSR count). The van der Waals surface area contributed by atoms with Crippen molar-refractivity contribution in [1.29, 1.82) is 0 Å². The van der Waals surface area contributed by atoms with Gasteiger partial charge in [0, 0.05) is 17.3 Å². The van der Waals surface area contributed by atoms with Crippen LogP contribution in [0.15, 0.2) is 29.6 Å². The van der Waals surface area contributed by atoms with Crippen molar-refractivity contribution in [2.24, 2.45) is 0 Å². The highest BCUT2D eigenvalue weighted by molar-refractivity contribution is 7.17. The Bertz CT molecular complexity index is 488. The molecular formula is C14H17NOS. The van der Waals surface area contributed by atoms with Crippen LogP contribution in [0.2, 0.25) is 0 Å². The van der Waals surface area contributed by atoms with Crippen LogP contribution in [0.1, 0.15) is 12.0 Å². The lowest BCUT2D eigenvalue weighted by atomic mass is 10.0. The highest BCUT2D eigenvalue weighted by Gasteiger charge is 2.13.